The van der Waals surface area contributed by atoms with Crippen molar-refractivity contribution in [2.24, 2.45) is 0 Å². The molecule has 4 aromatic carbocycles. The highest BCUT2D eigenvalue weighted by Gasteiger charge is 2.18. The predicted molar refractivity (Wildman–Crippen MR) is 164 cm³/mol. The van der Waals surface area contributed by atoms with E-state index in [4.69, 9.17) is 14.2 Å². The number of carbonyl (C=O) groups excluding carboxylic acids is 3. The lowest BCUT2D eigenvalue weighted by Gasteiger charge is -2.15. The number of halogens is 1. The predicted octanol–water partition coefficient (Wildman–Crippen LogP) is 8.27. The molecule has 43 heavy (non-hydrogen) atoms. The summed E-state index contributed by atoms with van der Waals surface area (Å²) in [5.41, 5.74) is 4.15. The molecule has 0 aliphatic carbocycles. The van der Waals surface area contributed by atoms with E-state index in [0.717, 1.165) is 11.1 Å². The molecule has 4 aromatic rings. The fraction of sp³-hybridized carbons (Fsp3) is 0.0833. The Morgan fingerprint density at radius 2 is 0.860 bits per heavy atom. The number of ether oxygens (including phenoxy) is 3. The minimum absolute atomic E-state index is 0.151. The summed E-state index contributed by atoms with van der Waals surface area (Å²) in [6.45, 7) is 15.4. The molecule has 6 nitrogen and oxygen atoms in total. The summed E-state index contributed by atoms with van der Waals surface area (Å²) in [6.07, 6.45) is 0. The van der Waals surface area contributed by atoms with Gasteiger partial charge in [-0.25, -0.2) is 18.8 Å². The number of esters is 3. The van der Waals surface area contributed by atoms with Gasteiger partial charge in [0.2, 0.25) is 0 Å². The van der Waals surface area contributed by atoms with Crippen molar-refractivity contribution in [3.05, 3.63) is 127 Å². The first-order valence-corrected chi connectivity index (χ1v) is 13.2. The van der Waals surface area contributed by atoms with Crippen molar-refractivity contribution < 1.29 is 33.0 Å². The molecule has 0 bridgehead atoms. The molecule has 0 unspecified atom stereocenters. The van der Waals surface area contributed by atoms with Crippen LogP contribution in [-0.2, 0) is 14.4 Å². The topological polar surface area (TPSA) is 78.9 Å². The van der Waals surface area contributed by atoms with Crippen molar-refractivity contribution in [3.8, 4) is 50.6 Å². The maximum atomic E-state index is 15.5. The third kappa shape index (κ3) is 7.40. The maximum absolute atomic E-state index is 15.5. The number of benzene rings is 4. The van der Waals surface area contributed by atoms with Crippen LogP contribution in [0, 0.1) is 5.82 Å². The standard InChI is InChI=1S/C36H29FO6/c1-21(2)34(38)41-28-15-11-25(12-16-28)24-7-9-27(10-8-24)31-19-32(37)30(20-33(31)43-36(40)23(5)6)26-13-17-29(18-14-26)42-35(39)22(3)4/h7-20H,1,3,5H2,2,4,6H3. The Bertz CT molecular complexity index is 1750. The first-order valence-electron chi connectivity index (χ1n) is 13.2. The van der Waals surface area contributed by atoms with E-state index in [-0.39, 0.29) is 28.2 Å². The summed E-state index contributed by atoms with van der Waals surface area (Å²) < 4.78 is 31.6. The summed E-state index contributed by atoms with van der Waals surface area (Å²) in [6, 6.07) is 23.3. The Morgan fingerprint density at radius 3 is 1.30 bits per heavy atom. The largest absolute Gasteiger partial charge is 0.423 e. The third-order valence-electron chi connectivity index (χ3n) is 6.29. The van der Waals surface area contributed by atoms with E-state index in [2.05, 4.69) is 19.7 Å². The highest BCUT2D eigenvalue weighted by Crippen LogP contribution is 2.38. The van der Waals surface area contributed by atoms with Crippen LogP contribution in [0.5, 0.6) is 17.2 Å². The summed E-state index contributed by atoms with van der Waals surface area (Å²) >= 11 is 0. The molecule has 0 aliphatic rings. The summed E-state index contributed by atoms with van der Waals surface area (Å²) in [4.78, 5) is 36.1. The SMILES string of the molecule is C=C(C)C(=O)Oc1ccc(-c2ccc(-c3cc(F)c(-c4ccc(OC(=O)C(=C)C)cc4)cc3OC(=O)C(=C)C)cc2)cc1. The van der Waals surface area contributed by atoms with E-state index < -0.39 is 23.7 Å². The smallest absolute Gasteiger partial charge is 0.338 e. The maximum Gasteiger partial charge on any atom is 0.338 e. The van der Waals surface area contributed by atoms with Crippen molar-refractivity contribution in [1.29, 1.82) is 0 Å². The van der Waals surface area contributed by atoms with Crippen LogP contribution < -0.4 is 14.2 Å². The molecule has 0 atom stereocenters. The Labute approximate surface area is 249 Å². The lowest BCUT2D eigenvalue weighted by atomic mass is 9.96. The fourth-order valence-electron chi connectivity index (χ4n) is 3.92. The molecule has 0 N–H and O–H groups in total. The normalized spacial score (nSPS) is 10.4. The molecule has 0 fully saturated rings. The van der Waals surface area contributed by atoms with E-state index >= 15 is 4.39 Å². The van der Waals surface area contributed by atoms with Crippen LogP contribution in [0.3, 0.4) is 0 Å². The molecule has 0 radical (unpaired) electrons. The summed E-state index contributed by atoms with van der Waals surface area (Å²) in [7, 11) is 0. The van der Waals surface area contributed by atoms with Crippen LogP contribution in [-0.4, -0.2) is 17.9 Å². The van der Waals surface area contributed by atoms with Crippen molar-refractivity contribution in [3.63, 3.8) is 0 Å². The molecule has 0 saturated heterocycles. The molecule has 0 aliphatic heterocycles. The van der Waals surface area contributed by atoms with Gasteiger partial charge in [0, 0.05) is 27.8 Å². The molecule has 7 heteroatoms. The van der Waals surface area contributed by atoms with E-state index in [1.165, 1.54) is 26.0 Å². The van der Waals surface area contributed by atoms with Crippen LogP contribution in [0.4, 0.5) is 4.39 Å². The molecule has 0 spiro atoms. The second kappa shape index (κ2) is 13.0. The van der Waals surface area contributed by atoms with E-state index in [1.54, 1.807) is 55.5 Å². The number of rotatable bonds is 9. The molecular weight excluding hydrogens is 547 g/mol. The van der Waals surface area contributed by atoms with Crippen molar-refractivity contribution >= 4 is 17.9 Å². The van der Waals surface area contributed by atoms with Crippen LogP contribution in [0.2, 0.25) is 0 Å². The number of carbonyl (C=O) groups is 3. The van der Waals surface area contributed by atoms with E-state index in [9.17, 15) is 14.4 Å². The molecule has 4 rings (SSSR count). The van der Waals surface area contributed by atoms with Gasteiger partial charge in [0.15, 0.2) is 0 Å². The monoisotopic (exact) mass is 576 g/mol. The van der Waals surface area contributed by atoms with Crippen molar-refractivity contribution in [2.45, 2.75) is 20.8 Å². The van der Waals surface area contributed by atoms with Crippen LogP contribution >= 0.6 is 0 Å². The molecule has 0 saturated carbocycles. The first-order chi connectivity index (χ1) is 20.4. The Kier molecular flexibility index (Phi) is 9.16. The van der Waals surface area contributed by atoms with Gasteiger partial charge in [0.1, 0.15) is 23.1 Å². The molecule has 0 heterocycles. The highest BCUT2D eigenvalue weighted by molar-refractivity contribution is 5.91. The van der Waals surface area contributed by atoms with Crippen molar-refractivity contribution in [2.75, 3.05) is 0 Å². The minimum Gasteiger partial charge on any atom is -0.423 e. The zero-order valence-electron chi connectivity index (χ0n) is 24.0. The van der Waals surface area contributed by atoms with Gasteiger partial charge in [-0.3, -0.25) is 0 Å². The Hall–Kier alpha value is -5.56. The second-order valence-electron chi connectivity index (χ2n) is 9.96. The zero-order chi connectivity index (χ0) is 31.3. The molecule has 0 aromatic heterocycles. The van der Waals surface area contributed by atoms with Gasteiger partial charge in [-0.15, -0.1) is 0 Å². The molecule has 216 valence electrons. The summed E-state index contributed by atoms with van der Waals surface area (Å²) in [5.74, 6) is -1.42. The quantitative estimate of drug-likeness (QED) is 0.113. The number of hydrogen-bond acceptors (Lipinski definition) is 6. The third-order valence-corrected chi connectivity index (χ3v) is 6.29. The molecule has 0 amide bonds. The Morgan fingerprint density at radius 1 is 0.512 bits per heavy atom. The highest BCUT2D eigenvalue weighted by atomic mass is 19.1. The van der Waals surface area contributed by atoms with Gasteiger partial charge in [-0.05, 0) is 79.4 Å². The zero-order valence-corrected chi connectivity index (χ0v) is 24.0. The minimum atomic E-state index is -0.648. The van der Waals surface area contributed by atoms with Gasteiger partial charge in [0.05, 0.1) is 0 Å². The molecular formula is C36H29FO6. The lowest BCUT2D eigenvalue weighted by Crippen LogP contribution is -2.09. The number of hydrogen-bond donors (Lipinski definition) is 0. The van der Waals surface area contributed by atoms with Gasteiger partial charge in [-0.2, -0.15) is 0 Å². The second-order valence-corrected chi connectivity index (χ2v) is 9.96. The first kappa shape index (κ1) is 30.4. The lowest BCUT2D eigenvalue weighted by molar-refractivity contribution is -0.130. The average molecular weight is 577 g/mol. The van der Waals surface area contributed by atoms with Gasteiger partial charge in [-0.1, -0.05) is 68.3 Å². The van der Waals surface area contributed by atoms with Gasteiger partial charge >= 0.3 is 17.9 Å². The van der Waals surface area contributed by atoms with Crippen LogP contribution in [0.15, 0.2) is 121 Å². The van der Waals surface area contributed by atoms with Gasteiger partial charge < -0.3 is 14.2 Å². The van der Waals surface area contributed by atoms with E-state index in [0.29, 0.717) is 28.0 Å². The summed E-state index contributed by atoms with van der Waals surface area (Å²) in [5, 5.41) is 0. The Balaban J connectivity index is 1.65. The van der Waals surface area contributed by atoms with Crippen LogP contribution in [0.25, 0.3) is 33.4 Å². The van der Waals surface area contributed by atoms with Crippen LogP contribution in [0.1, 0.15) is 20.8 Å². The van der Waals surface area contributed by atoms with Crippen molar-refractivity contribution in [1.82, 2.24) is 0 Å². The fourth-order valence-corrected chi connectivity index (χ4v) is 3.92. The average Bonchev–Trinajstić information content (AvgIpc) is 2.98. The van der Waals surface area contributed by atoms with E-state index in [1.807, 2.05) is 24.3 Å². The van der Waals surface area contributed by atoms with Gasteiger partial charge in [0.25, 0.3) is 0 Å².